The molecule has 2 N–H and O–H groups in total. The van der Waals surface area contributed by atoms with Crippen molar-refractivity contribution in [3.8, 4) is 5.69 Å². The Labute approximate surface area is 174 Å². The van der Waals surface area contributed by atoms with Crippen LogP contribution in [0, 0.1) is 12.3 Å². The van der Waals surface area contributed by atoms with Gasteiger partial charge in [0.15, 0.2) is 5.78 Å². The second-order valence-electron chi connectivity index (χ2n) is 8.27. The number of Topliss-reactive ketones (excluding diaryl/α,β-unsaturated/α-hetero) is 1. The minimum absolute atomic E-state index is 0.0750. The standard InChI is InChI=1S/C23H23N3O2S/c1-14-13-26(18-11-23(2,3)12-19(27)21(14)18)15-4-5-17(22(24)28)20(10-15)29-16-6-8-25-9-7-16/h4-10,13H,11-12H2,1-3H3,(H2,24,28). The zero-order valence-electron chi connectivity index (χ0n) is 16.7. The van der Waals surface area contributed by atoms with Crippen molar-refractivity contribution < 1.29 is 9.59 Å². The molecule has 29 heavy (non-hydrogen) atoms. The Morgan fingerprint density at radius 1 is 1.17 bits per heavy atom. The first-order valence-corrected chi connectivity index (χ1v) is 10.3. The molecule has 0 atom stereocenters. The lowest BCUT2D eigenvalue weighted by molar-refractivity contribution is 0.0909. The molecule has 6 heteroatoms. The molecule has 0 radical (unpaired) electrons. The maximum atomic E-state index is 12.7. The van der Waals surface area contributed by atoms with Gasteiger partial charge in [0, 0.05) is 51.7 Å². The monoisotopic (exact) mass is 405 g/mol. The summed E-state index contributed by atoms with van der Waals surface area (Å²) in [5, 5.41) is 0. The molecule has 5 nitrogen and oxygen atoms in total. The molecule has 0 aliphatic heterocycles. The van der Waals surface area contributed by atoms with Crippen LogP contribution in [0.1, 0.15) is 52.2 Å². The maximum absolute atomic E-state index is 12.7. The molecule has 1 aromatic carbocycles. The van der Waals surface area contributed by atoms with E-state index in [9.17, 15) is 9.59 Å². The lowest BCUT2D eigenvalue weighted by Crippen LogP contribution is -2.28. The summed E-state index contributed by atoms with van der Waals surface area (Å²) in [5.74, 6) is -0.261. The second kappa shape index (κ2) is 7.19. The number of fused-ring (bicyclic) bond motifs is 1. The van der Waals surface area contributed by atoms with Crippen molar-refractivity contribution in [1.82, 2.24) is 9.55 Å². The van der Waals surface area contributed by atoms with Gasteiger partial charge in [0.05, 0.1) is 5.56 Å². The van der Waals surface area contributed by atoms with Crippen molar-refractivity contribution in [1.29, 1.82) is 0 Å². The predicted octanol–water partition coefficient (Wildman–Crippen LogP) is 4.59. The second-order valence-corrected chi connectivity index (χ2v) is 9.39. The van der Waals surface area contributed by atoms with Gasteiger partial charge in [-0.15, -0.1) is 0 Å². The number of nitrogens with zero attached hydrogens (tertiary/aromatic N) is 2. The smallest absolute Gasteiger partial charge is 0.249 e. The Kier molecular flexibility index (Phi) is 4.82. The lowest BCUT2D eigenvalue weighted by atomic mass is 9.75. The predicted molar refractivity (Wildman–Crippen MR) is 114 cm³/mol. The van der Waals surface area contributed by atoms with Crippen LogP contribution in [0.4, 0.5) is 0 Å². The number of carbonyl (C=O) groups is 2. The topological polar surface area (TPSA) is 78.0 Å². The number of pyridine rings is 1. The molecule has 0 unspecified atom stereocenters. The van der Waals surface area contributed by atoms with Crippen LogP contribution in [0.15, 0.2) is 58.7 Å². The maximum Gasteiger partial charge on any atom is 0.249 e. The molecule has 1 amide bonds. The van der Waals surface area contributed by atoms with E-state index in [1.54, 1.807) is 18.5 Å². The number of hydrogen-bond acceptors (Lipinski definition) is 4. The molecular weight excluding hydrogens is 382 g/mol. The van der Waals surface area contributed by atoms with Crippen LogP contribution in [-0.2, 0) is 6.42 Å². The Bertz CT molecular complexity index is 1120. The third-order valence-electron chi connectivity index (χ3n) is 5.25. The van der Waals surface area contributed by atoms with Crippen molar-refractivity contribution >= 4 is 23.5 Å². The number of carbonyl (C=O) groups excluding carboxylic acids is 2. The molecule has 1 aliphatic carbocycles. The number of aromatic nitrogens is 2. The lowest BCUT2D eigenvalue weighted by Gasteiger charge is -2.30. The molecule has 1 aliphatic rings. The van der Waals surface area contributed by atoms with Crippen molar-refractivity contribution in [2.45, 2.75) is 43.4 Å². The first kappa shape index (κ1) is 19.5. The first-order valence-electron chi connectivity index (χ1n) is 9.51. The third kappa shape index (κ3) is 3.72. The summed E-state index contributed by atoms with van der Waals surface area (Å²) >= 11 is 1.47. The van der Waals surface area contributed by atoms with Crippen LogP contribution in [-0.4, -0.2) is 21.2 Å². The molecule has 4 rings (SSSR count). The highest BCUT2D eigenvalue weighted by molar-refractivity contribution is 7.99. The molecule has 2 aromatic heterocycles. The van der Waals surface area contributed by atoms with E-state index in [2.05, 4.69) is 23.4 Å². The Hall–Kier alpha value is -2.86. The SMILES string of the molecule is Cc1cn(-c2ccc(C(N)=O)c(Sc3ccncc3)c2)c2c1C(=O)CC(C)(C)C2. The number of benzene rings is 1. The fourth-order valence-electron chi connectivity index (χ4n) is 3.99. The summed E-state index contributed by atoms with van der Waals surface area (Å²) in [5.41, 5.74) is 9.79. The average molecular weight is 406 g/mol. The van der Waals surface area contributed by atoms with Gasteiger partial charge in [-0.05, 0) is 54.7 Å². The number of rotatable bonds is 4. The Morgan fingerprint density at radius 2 is 1.90 bits per heavy atom. The van der Waals surface area contributed by atoms with Crippen LogP contribution in [0.25, 0.3) is 5.69 Å². The summed E-state index contributed by atoms with van der Waals surface area (Å²) in [7, 11) is 0. The van der Waals surface area contributed by atoms with Crippen molar-refractivity contribution in [3.05, 3.63) is 71.3 Å². The number of ketones is 1. The van der Waals surface area contributed by atoms with Gasteiger partial charge in [0.1, 0.15) is 0 Å². The molecule has 0 spiro atoms. The summed E-state index contributed by atoms with van der Waals surface area (Å²) in [6, 6.07) is 9.41. The highest BCUT2D eigenvalue weighted by Crippen LogP contribution is 2.39. The van der Waals surface area contributed by atoms with Gasteiger partial charge in [0.2, 0.25) is 5.91 Å². The van der Waals surface area contributed by atoms with Gasteiger partial charge >= 0.3 is 0 Å². The fourth-order valence-corrected chi connectivity index (χ4v) is 4.96. The molecule has 3 aromatic rings. The summed E-state index contributed by atoms with van der Waals surface area (Å²) in [6.07, 6.45) is 6.84. The molecule has 0 saturated heterocycles. The van der Waals surface area contributed by atoms with E-state index in [4.69, 9.17) is 5.73 Å². The highest BCUT2D eigenvalue weighted by atomic mass is 32.2. The summed E-state index contributed by atoms with van der Waals surface area (Å²) in [4.78, 5) is 30.5. The number of aryl methyl sites for hydroxylation is 1. The largest absolute Gasteiger partial charge is 0.366 e. The molecule has 0 fully saturated rings. The van der Waals surface area contributed by atoms with E-state index in [-0.39, 0.29) is 11.2 Å². The summed E-state index contributed by atoms with van der Waals surface area (Å²) < 4.78 is 2.09. The van der Waals surface area contributed by atoms with E-state index < -0.39 is 5.91 Å². The normalized spacial score (nSPS) is 15.2. The average Bonchev–Trinajstić information content (AvgIpc) is 2.97. The summed E-state index contributed by atoms with van der Waals surface area (Å²) in [6.45, 7) is 6.23. The van der Waals surface area contributed by atoms with Gasteiger partial charge < -0.3 is 10.3 Å². The van der Waals surface area contributed by atoms with E-state index in [0.717, 1.165) is 38.7 Å². The van der Waals surface area contributed by atoms with E-state index in [1.165, 1.54) is 11.8 Å². The van der Waals surface area contributed by atoms with Crippen LogP contribution in [0.5, 0.6) is 0 Å². The Balaban J connectivity index is 1.83. The Morgan fingerprint density at radius 3 is 2.59 bits per heavy atom. The van der Waals surface area contributed by atoms with E-state index >= 15 is 0 Å². The molecule has 2 heterocycles. The van der Waals surface area contributed by atoms with Crippen LogP contribution >= 0.6 is 11.8 Å². The number of amides is 1. The molecular formula is C23H23N3O2S. The van der Waals surface area contributed by atoms with Crippen LogP contribution in [0.2, 0.25) is 0 Å². The van der Waals surface area contributed by atoms with Crippen LogP contribution in [0.3, 0.4) is 0 Å². The molecule has 0 saturated carbocycles. The highest BCUT2D eigenvalue weighted by Gasteiger charge is 2.34. The van der Waals surface area contributed by atoms with E-state index in [0.29, 0.717) is 12.0 Å². The molecule has 148 valence electrons. The van der Waals surface area contributed by atoms with Gasteiger partial charge in [-0.2, -0.15) is 0 Å². The number of hydrogen-bond donors (Lipinski definition) is 1. The minimum atomic E-state index is -0.463. The molecule has 0 bridgehead atoms. The van der Waals surface area contributed by atoms with Gasteiger partial charge in [-0.3, -0.25) is 14.6 Å². The van der Waals surface area contributed by atoms with Crippen molar-refractivity contribution in [2.24, 2.45) is 11.1 Å². The van der Waals surface area contributed by atoms with Crippen LogP contribution < -0.4 is 5.73 Å². The van der Waals surface area contributed by atoms with Crippen molar-refractivity contribution in [2.75, 3.05) is 0 Å². The first-order chi connectivity index (χ1) is 13.7. The van der Waals surface area contributed by atoms with Crippen molar-refractivity contribution in [3.63, 3.8) is 0 Å². The van der Waals surface area contributed by atoms with Gasteiger partial charge in [-0.1, -0.05) is 25.6 Å². The van der Waals surface area contributed by atoms with E-state index in [1.807, 2.05) is 37.4 Å². The third-order valence-corrected chi connectivity index (χ3v) is 6.31. The number of primary amides is 1. The quantitative estimate of drug-likeness (QED) is 0.689. The fraction of sp³-hybridized carbons (Fsp3) is 0.261. The minimum Gasteiger partial charge on any atom is -0.366 e. The number of nitrogens with two attached hydrogens (primary N) is 1. The van der Waals surface area contributed by atoms with Gasteiger partial charge in [-0.25, -0.2) is 0 Å². The van der Waals surface area contributed by atoms with Gasteiger partial charge in [0.25, 0.3) is 0 Å². The zero-order chi connectivity index (χ0) is 20.8. The zero-order valence-corrected chi connectivity index (χ0v) is 17.5.